The van der Waals surface area contributed by atoms with Gasteiger partial charge in [0, 0.05) is 31.0 Å². The van der Waals surface area contributed by atoms with Crippen LogP contribution in [-0.4, -0.2) is 30.6 Å². The van der Waals surface area contributed by atoms with Crippen molar-refractivity contribution in [1.29, 1.82) is 0 Å². The Morgan fingerprint density at radius 3 is 2.62 bits per heavy atom. The van der Waals surface area contributed by atoms with E-state index in [2.05, 4.69) is 6.58 Å². The van der Waals surface area contributed by atoms with Crippen LogP contribution in [0.1, 0.15) is 0 Å². The zero-order valence-corrected chi connectivity index (χ0v) is 9.10. The van der Waals surface area contributed by atoms with Crippen LogP contribution in [0.3, 0.4) is 0 Å². The summed E-state index contributed by atoms with van der Waals surface area (Å²) in [7, 11) is 0. The van der Waals surface area contributed by atoms with Gasteiger partial charge in [0.05, 0.1) is 0 Å². The Hall–Kier alpha value is -1.97. The van der Waals surface area contributed by atoms with Gasteiger partial charge in [0.2, 0.25) is 0 Å². The van der Waals surface area contributed by atoms with E-state index < -0.39 is 0 Å². The molecule has 1 saturated heterocycles. The van der Waals surface area contributed by atoms with Crippen molar-refractivity contribution >= 4 is 17.4 Å². The molecule has 1 aliphatic heterocycles. The van der Waals surface area contributed by atoms with Gasteiger partial charge in [-0.05, 0) is 24.3 Å². The van der Waals surface area contributed by atoms with Gasteiger partial charge < -0.3 is 10.6 Å². The fraction of sp³-hybridized carbons (Fsp3) is 0.250. The summed E-state index contributed by atoms with van der Waals surface area (Å²) in [6, 6.07) is 7.37. The number of nitrogens with two attached hydrogens (primary N) is 1. The molecule has 2 rings (SSSR count). The first kappa shape index (κ1) is 10.5. The van der Waals surface area contributed by atoms with E-state index >= 15 is 0 Å². The minimum absolute atomic E-state index is 0.0321. The number of anilines is 2. The topological polar surface area (TPSA) is 49.6 Å². The number of hydrogen-bond acceptors (Lipinski definition) is 2. The normalized spacial score (nSPS) is 15.6. The molecule has 0 saturated carbocycles. The second-order valence-corrected chi connectivity index (χ2v) is 3.76. The lowest BCUT2D eigenvalue weighted by molar-refractivity contribution is 0.225. The highest BCUT2D eigenvalue weighted by atomic mass is 16.2. The molecule has 1 fully saturated rings. The van der Waals surface area contributed by atoms with Crippen LogP contribution >= 0.6 is 0 Å². The molecule has 0 atom stereocenters. The van der Waals surface area contributed by atoms with Gasteiger partial charge in [-0.2, -0.15) is 0 Å². The smallest absolute Gasteiger partial charge is 0.324 e. The second kappa shape index (κ2) is 4.26. The molecule has 4 nitrogen and oxygen atoms in total. The van der Waals surface area contributed by atoms with E-state index in [0.29, 0.717) is 12.2 Å². The quantitative estimate of drug-likeness (QED) is 0.618. The van der Waals surface area contributed by atoms with Crippen LogP contribution in [0.25, 0.3) is 0 Å². The van der Waals surface area contributed by atoms with Crippen molar-refractivity contribution in [2.45, 2.75) is 0 Å². The standard InChI is InChI=1S/C12H15N3O/c1-2-7-14-8-9-15(12(14)16)11-5-3-10(13)4-6-11/h2-6H,1,7-9,13H2. The maximum absolute atomic E-state index is 12.0. The molecule has 4 heteroatoms. The van der Waals surface area contributed by atoms with Gasteiger partial charge in [0.15, 0.2) is 0 Å². The summed E-state index contributed by atoms with van der Waals surface area (Å²) in [5, 5.41) is 0. The summed E-state index contributed by atoms with van der Waals surface area (Å²) in [4.78, 5) is 15.5. The van der Waals surface area contributed by atoms with E-state index in [4.69, 9.17) is 5.73 Å². The summed E-state index contributed by atoms with van der Waals surface area (Å²) in [6.07, 6.45) is 1.74. The van der Waals surface area contributed by atoms with Crippen LogP contribution in [0, 0.1) is 0 Å². The van der Waals surface area contributed by atoms with Crippen LogP contribution in [-0.2, 0) is 0 Å². The Balaban J connectivity index is 2.15. The Bertz CT molecular complexity index is 399. The van der Waals surface area contributed by atoms with Crippen LogP contribution in [0.5, 0.6) is 0 Å². The van der Waals surface area contributed by atoms with E-state index in [1.165, 1.54) is 0 Å². The van der Waals surface area contributed by atoms with E-state index in [9.17, 15) is 4.79 Å². The molecular weight excluding hydrogens is 202 g/mol. The Morgan fingerprint density at radius 1 is 1.31 bits per heavy atom. The molecule has 1 aliphatic rings. The molecule has 84 valence electrons. The highest BCUT2D eigenvalue weighted by Gasteiger charge is 2.28. The number of carbonyl (C=O) groups is 1. The molecule has 0 radical (unpaired) electrons. The van der Waals surface area contributed by atoms with Gasteiger partial charge in [0.1, 0.15) is 0 Å². The lowest BCUT2D eigenvalue weighted by Crippen LogP contribution is -2.31. The number of carbonyl (C=O) groups excluding carboxylic acids is 1. The molecule has 2 N–H and O–H groups in total. The predicted molar refractivity (Wildman–Crippen MR) is 65.4 cm³/mol. The summed E-state index contributed by atoms with van der Waals surface area (Å²) < 4.78 is 0. The molecule has 2 amide bonds. The fourth-order valence-corrected chi connectivity index (χ4v) is 1.80. The Labute approximate surface area is 94.9 Å². The fourth-order valence-electron chi connectivity index (χ4n) is 1.80. The van der Waals surface area contributed by atoms with Crippen LogP contribution in [0.4, 0.5) is 16.2 Å². The Morgan fingerprint density at radius 2 is 2.00 bits per heavy atom. The third-order valence-corrected chi connectivity index (χ3v) is 2.65. The minimum atomic E-state index is 0.0321. The minimum Gasteiger partial charge on any atom is -0.399 e. The van der Waals surface area contributed by atoms with Crippen molar-refractivity contribution in [3.8, 4) is 0 Å². The van der Waals surface area contributed by atoms with Gasteiger partial charge in [-0.15, -0.1) is 6.58 Å². The van der Waals surface area contributed by atoms with Crippen molar-refractivity contribution in [3.63, 3.8) is 0 Å². The number of amides is 2. The lowest BCUT2D eigenvalue weighted by atomic mass is 10.2. The molecule has 0 aliphatic carbocycles. The van der Waals surface area contributed by atoms with Crippen LogP contribution < -0.4 is 10.6 Å². The lowest BCUT2D eigenvalue weighted by Gasteiger charge is -2.17. The second-order valence-electron chi connectivity index (χ2n) is 3.76. The number of nitrogens with zero attached hydrogens (tertiary/aromatic N) is 2. The van der Waals surface area contributed by atoms with Crippen molar-refractivity contribution in [2.24, 2.45) is 0 Å². The highest BCUT2D eigenvalue weighted by Crippen LogP contribution is 2.21. The van der Waals surface area contributed by atoms with E-state index in [-0.39, 0.29) is 6.03 Å². The first-order valence-electron chi connectivity index (χ1n) is 5.25. The van der Waals surface area contributed by atoms with Gasteiger partial charge in [-0.25, -0.2) is 4.79 Å². The molecule has 0 unspecified atom stereocenters. The highest BCUT2D eigenvalue weighted by molar-refractivity contribution is 5.94. The number of urea groups is 1. The maximum Gasteiger partial charge on any atom is 0.324 e. The van der Waals surface area contributed by atoms with Crippen LogP contribution in [0.2, 0.25) is 0 Å². The molecule has 1 aromatic carbocycles. The third-order valence-electron chi connectivity index (χ3n) is 2.65. The summed E-state index contributed by atoms with van der Waals surface area (Å²) >= 11 is 0. The molecule has 0 bridgehead atoms. The number of rotatable bonds is 3. The van der Waals surface area contributed by atoms with E-state index in [1.54, 1.807) is 28.0 Å². The molecule has 0 spiro atoms. The maximum atomic E-state index is 12.0. The molecule has 1 aromatic rings. The molecule has 16 heavy (non-hydrogen) atoms. The van der Waals surface area contributed by atoms with Crippen LogP contribution in [0.15, 0.2) is 36.9 Å². The third kappa shape index (κ3) is 1.86. The largest absolute Gasteiger partial charge is 0.399 e. The number of nitrogen functional groups attached to an aromatic ring is 1. The summed E-state index contributed by atoms with van der Waals surface area (Å²) in [6.45, 7) is 5.70. The van der Waals surface area contributed by atoms with Crippen molar-refractivity contribution in [1.82, 2.24) is 4.90 Å². The van der Waals surface area contributed by atoms with Crippen molar-refractivity contribution < 1.29 is 4.79 Å². The number of hydrogen-bond donors (Lipinski definition) is 1. The zero-order chi connectivity index (χ0) is 11.5. The predicted octanol–water partition coefficient (Wildman–Crippen LogP) is 1.70. The average Bonchev–Trinajstić information content (AvgIpc) is 2.63. The first-order chi connectivity index (χ1) is 7.72. The van der Waals surface area contributed by atoms with E-state index in [1.807, 2.05) is 12.1 Å². The van der Waals surface area contributed by atoms with Crippen molar-refractivity contribution in [2.75, 3.05) is 30.3 Å². The number of benzene rings is 1. The first-order valence-corrected chi connectivity index (χ1v) is 5.25. The van der Waals surface area contributed by atoms with E-state index in [0.717, 1.165) is 18.8 Å². The summed E-state index contributed by atoms with van der Waals surface area (Å²) in [5.74, 6) is 0. The Kier molecular flexibility index (Phi) is 2.81. The van der Waals surface area contributed by atoms with Gasteiger partial charge in [-0.1, -0.05) is 6.08 Å². The summed E-state index contributed by atoms with van der Waals surface area (Å²) in [5.41, 5.74) is 7.21. The van der Waals surface area contributed by atoms with Gasteiger partial charge in [0.25, 0.3) is 0 Å². The average molecular weight is 217 g/mol. The molecule has 0 aromatic heterocycles. The zero-order valence-electron chi connectivity index (χ0n) is 9.10. The molecular formula is C12H15N3O. The monoisotopic (exact) mass is 217 g/mol. The van der Waals surface area contributed by atoms with Gasteiger partial charge in [-0.3, -0.25) is 4.90 Å². The SMILES string of the molecule is C=CCN1CCN(c2ccc(N)cc2)C1=O. The molecule has 1 heterocycles. The van der Waals surface area contributed by atoms with Crippen molar-refractivity contribution in [3.05, 3.63) is 36.9 Å². The van der Waals surface area contributed by atoms with Gasteiger partial charge >= 0.3 is 6.03 Å².